The van der Waals surface area contributed by atoms with Gasteiger partial charge in [0.2, 0.25) is 0 Å². The highest BCUT2D eigenvalue weighted by atomic mass is 19.4. The second-order valence-corrected chi connectivity index (χ2v) is 5.88. The second-order valence-electron chi connectivity index (χ2n) is 5.88. The molecule has 0 atom stereocenters. The highest BCUT2D eigenvalue weighted by Gasteiger charge is 2.31. The average molecular weight is 417 g/mol. The lowest BCUT2D eigenvalue weighted by Gasteiger charge is -2.15. The molecule has 0 spiro atoms. The number of rotatable bonds is 6. The molecule has 0 radical (unpaired) electrons. The van der Waals surface area contributed by atoms with Crippen molar-refractivity contribution in [3.05, 3.63) is 60.2 Å². The third kappa shape index (κ3) is 4.67. The molecule has 0 aliphatic carbocycles. The van der Waals surface area contributed by atoms with Crippen molar-refractivity contribution in [2.75, 3.05) is 19.0 Å². The summed E-state index contributed by atoms with van der Waals surface area (Å²) < 4.78 is 51.0. The van der Waals surface area contributed by atoms with E-state index in [1.54, 1.807) is 0 Å². The van der Waals surface area contributed by atoms with E-state index in [4.69, 9.17) is 14.7 Å². The molecular weight excluding hydrogens is 403 g/mol. The summed E-state index contributed by atoms with van der Waals surface area (Å²) in [4.78, 5) is 16.1. The number of carbonyl (C=O) groups excluding carboxylic acids is 1. The van der Waals surface area contributed by atoms with Gasteiger partial charge in [-0.3, -0.25) is 4.79 Å². The number of halogens is 3. The van der Waals surface area contributed by atoms with Crippen molar-refractivity contribution in [2.45, 2.75) is 6.18 Å². The number of nitrogens with one attached hydrogen (secondary N) is 1. The minimum absolute atomic E-state index is 0.115. The number of nitriles is 1. The lowest BCUT2D eigenvalue weighted by molar-refractivity contribution is -0.137. The number of nitrogens with zero attached hydrogens (tertiary/aromatic N) is 4. The Bertz CT molecular complexity index is 1090. The number of benzene rings is 2. The van der Waals surface area contributed by atoms with E-state index >= 15 is 0 Å². The molecule has 2 aromatic carbocycles. The molecule has 30 heavy (non-hydrogen) atoms. The number of amides is 1. The third-order valence-electron chi connectivity index (χ3n) is 3.92. The molecule has 0 fully saturated rings. The molecule has 8 nitrogen and oxygen atoms in total. The fraction of sp³-hybridized carbons (Fsp3) is 0.158. The van der Waals surface area contributed by atoms with Gasteiger partial charge in [0.1, 0.15) is 12.7 Å². The number of carbonyl (C=O) groups is 1. The summed E-state index contributed by atoms with van der Waals surface area (Å²) in [6.45, 7) is -0.505. The minimum atomic E-state index is -4.59. The maximum Gasteiger partial charge on any atom is 0.416 e. The van der Waals surface area contributed by atoms with E-state index < -0.39 is 24.3 Å². The van der Waals surface area contributed by atoms with E-state index in [0.29, 0.717) is 5.56 Å². The van der Waals surface area contributed by atoms with Gasteiger partial charge in [0, 0.05) is 6.07 Å². The molecule has 3 rings (SSSR count). The summed E-state index contributed by atoms with van der Waals surface area (Å²) in [5.41, 5.74) is -0.512. The molecule has 1 N–H and O–H groups in total. The molecule has 1 heterocycles. The molecule has 11 heteroatoms. The van der Waals surface area contributed by atoms with Crippen molar-refractivity contribution in [3.8, 4) is 23.3 Å². The van der Waals surface area contributed by atoms with Crippen LogP contribution in [0.3, 0.4) is 0 Å². The molecule has 154 valence electrons. The second kappa shape index (κ2) is 8.52. The number of hydrogen-bond acceptors (Lipinski definition) is 6. The van der Waals surface area contributed by atoms with Crippen LogP contribution in [0.5, 0.6) is 11.5 Å². The average Bonchev–Trinajstić information content (AvgIpc) is 3.26. The lowest BCUT2D eigenvalue weighted by Crippen LogP contribution is -2.22. The first-order chi connectivity index (χ1) is 14.3. The standard InChI is InChI=1S/C19H14F3N5O3/c1-29-17-6-12(8-23)2-5-16(17)30-9-18(28)26-14-7-13(19(20,21)22)3-4-15(14)27-11-24-10-25-27/h2-7,10-11H,9H2,1H3,(H,26,28). The summed E-state index contributed by atoms with van der Waals surface area (Å²) in [5, 5.41) is 15.2. The van der Waals surface area contributed by atoms with Crippen molar-refractivity contribution in [3.63, 3.8) is 0 Å². The molecule has 0 saturated heterocycles. The van der Waals surface area contributed by atoms with Crippen LogP contribution in [-0.4, -0.2) is 34.4 Å². The van der Waals surface area contributed by atoms with Crippen LogP contribution < -0.4 is 14.8 Å². The predicted molar refractivity (Wildman–Crippen MR) is 98.2 cm³/mol. The van der Waals surface area contributed by atoms with Crippen LogP contribution in [0, 0.1) is 11.3 Å². The molecule has 0 unspecified atom stereocenters. The van der Waals surface area contributed by atoms with Gasteiger partial charge in [0.05, 0.1) is 35.7 Å². The predicted octanol–water partition coefficient (Wildman–Crippen LogP) is 3.18. The zero-order valence-corrected chi connectivity index (χ0v) is 15.5. The van der Waals surface area contributed by atoms with E-state index in [0.717, 1.165) is 12.1 Å². The normalized spacial score (nSPS) is 10.9. The monoisotopic (exact) mass is 417 g/mol. The Balaban J connectivity index is 1.80. The Morgan fingerprint density at radius 3 is 2.67 bits per heavy atom. The number of alkyl halides is 3. The van der Waals surface area contributed by atoms with Crippen LogP contribution in [0.1, 0.15) is 11.1 Å². The largest absolute Gasteiger partial charge is 0.493 e. The van der Waals surface area contributed by atoms with E-state index in [9.17, 15) is 18.0 Å². The number of ether oxygens (including phenoxy) is 2. The SMILES string of the molecule is COc1cc(C#N)ccc1OCC(=O)Nc1cc(C(F)(F)F)ccc1-n1cncn1. The Hall–Kier alpha value is -4.07. The smallest absolute Gasteiger partial charge is 0.416 e. The highest BCUT2D eigenvalue weighted by molar-refractivity contribution is 5.94. The van der Waals surface area contributed by atoms with Gasteiger partial charge in [0.25, 0.3) is 5.91 Å². The van der Waals surface area contributed by atoms with Crippen LogP contribution in [0.25, 0.3) is 5.69 Å². The van der Waals surface area contributed by atoms with Gasteiger partial charge in [-0.25, -0.2) is 9.67 Å². The van der Waals surface area contributed by atoms with Crippen molar-refractivity contribution < 1.29 is 27.4 Å². The van der Waals surface area contributed by atoms with Gasteiger partial charge >= 0.3 is 6.18 Å². The molecular formula is C19H14F3N5O3. The zero-order chi connectivity index (χ0) is 21.7. The van der Waals surface area contributed by atoms with E-state index in [1.165, 1.54) is 48.7 Å². The summed E-state index contributed by atoms with van der Waals surface area (Å²) in [5.74, 6) is -0.265. The lowest BCUT2D eigenvalue weighted by atomic mass is 10.1. The summed E-state index contributed by atoms with van der Waals surface area (Å²) in [6.07, 6.45) is -2.09. The summed E-state index contributed by atoms with van der Waals surface area (Å²) in [6, 6.07) is 9.17. The first-order valence-corrected chi connectivity index (χ1v) is 8.39. The summed E-state index contributed by atoms with van der Waals surface area (Å²) in [7, 11) is 1.37. The quantitative estimate of drug-likeness (QED) is 0.661. The number of anilines is 1. The molecule has 0 saturated carbocycles. The van der Waals surface area contributed by atoms with E-state index in [2.05, 4.69) is 15.4 Å². The van der Waals surface area contributed by atoms with Crippen LogP contribution >= 0.6 is 0 Å². The van der Waals surface area contributed by atoms with E-state index in [1.807, 2.05) is 6.07 Å². The molecule has 3 aromatic rings. The van der Waals surface area contributed by atoms with Crippen molar-refractivity contribution in [1.82, 2.24) is 14.8 Å². The van der Waals surface area contributed by atoms with Crippen LogP contribution in [0.15, 0.2) is 49.1 Å². The minimum Gasteiger partial charge on any atom is -0.493 e. The fourth-order valence-electron chi connectivity index (χ4n) is 2.53. The molecule has 0 aliphatic rings. The van der Waals surface area contributed by atoms with Crippen molar-refractivity contribution in [1.29, 1.82) is 5.26 Å². The molecule has 1 aromatic heterocycles. The molecule has 0 bridgehead atoms. The van der Waals surface area contributed by atoms with Crippen LogP contribution in [0.4, 0.5) is 18.9 Å². The Kier molecular flexibility index (Phi) is 5.87. The van der Waals surface area contributed by atoms with Gasteiger partial charge in [-0.1, -0.05) is 0 Å². The van der Waals surface area contributed by atoms with Gasteiger partial charge in [-0.15, -0.1) is 0 Å². The highest BCUT2D eigenvalue weighted by Crippen LogP contribution is 2.33. The summed E-state index contributed by atoms with van der Waals surface area (Å²) >= 11 is 0. The topological polar surface area (TPSA) is 102 Å². The zero-order valence-electron chi connectivity index (χ0n) is 15.5. The number of hydrogen-bond donors (Lipinski definition) is 1. The van der Waals surface area contributed by atoms with Gasteiger partial charge < -0.3 is 14.8 Å². The van der Waals surface area contributed by atoms with Crippen LogP contribution in [-0.2, 0) is 11.0 Å². The maximum atomic E-state index is 13.1. The Morgan fingerprint density at radius 1 is 1.23 bits per heavy atom. The fourth-order valence-corrected chi connectivity index (χ4v) is 2.53. The third-order valence-corrected chi connectivity index (χ3v) is 3.92. The van der Waals surface area contributed by atoms with Crippen molar-refractivity contribution >= 4 is 11.6 Å². The van der Waals surface area contributed by atoms with Crippen molar-refractivity contribution in [2.24, 2.45) is 0 Å². The molecule has 1 amide bonds. The molecule has 0 aliphatic heterocycles. The van der Waals surface area contributed by atoms with Gasteiger partial charge in [-0.2, -0.15) is 23.5 Å². The Labute approximate surface area is 168 Å². The van der Waals surface area contributed by atoms with Gasteiger partial charge in [0.15, 0.2) is 18.1 Å². The van der Waals surface area contributed by atoms with E-state index in [-0.39, 0.29) is 22.9 Å². The number of aromatic nitrogens is 3. The first-order valence-electron chi connectivity index (χ1n) is 8.39. The van der Waals surface area contributed by atoms with Gasteiger partial charge in [-0.05, 0) is 30.3 Å². The first kappa shape index (κ1) is 20.7. The Morgan fingerprint density at radius 2 is 2.03 bits per heavy atom. The van der Waals surface area contributed by atoms with Crippen LogP contribution in [0.2, 0.25) is 0 Å². The maximum absolute atomic E-state index is 13.1. The number of methoxy groups -OCH3 is 1.